The minimum Gasteiger partial charge on any atom is -0.467 e. The molecule has 5 nitrogen and oxygen atoms in total. The van der Waals surface area contributed by atoms with Crippen LogP contribution in [0.3, 0.4) is 0 Å². The smallest absolute Gasteiger partial charge is 0.328 e. The first kappa shape index (κ1) is 11.2. The van der Waals surface area contributed by atoms with E-state index >= 15 is 0 Å². The summed E-state index contributed by atoms with van der Waals surface area (Å²) in [6.07, 6.45) is 2.13. The van der Waals surface area contributed by atoms with E-state index in [9.17, 15) is 4.79 Å². The van der Waals surface area contributed by atoms with E-state index < -0.39 is 0 Å². The van der Waals surface area contributed by atoms with Gasteiger partial charge >= 0.3 is 5.97 Å². The van der Waals surface area contributed by atoms with Crippen molar-refractivity contribution in [3.05, 3.63) is 18.2 Å². The lowest BCUT2D eigenvalue weighted by Gasteiger charge is -2.17. The molecule has 3 rings (SSSR count). The second-order valence-corrected chi connectivity index (χ2v) is 4.55. The van der Waals surface area contributed by atoms with E-state index in [0.29, 0.717) is 11.7 Å². The molecule has 0 spiro atoms. The van der Waals surface area contributed by atoms with E-state index in [0.717, 1.165) is 24.3 Å². The Balaban J connectivity index is 1.76. The molecular weight excluding hydrogens is 234 g/mol. The Hall–Kier alpha value is -1.91. The zero-order valence-corrected chi connectivity index (χ0v) is 10.1. The number of anilines is 1. The van der Waals surface area contributed by atoms with Crippen LogP contribution in [0.2, 0.25) is 0 Å². The number of hydrogen-bond acceptors (Lipinski definition) is 5. The van der Waals surface area contributed by atoms with Gasteiger partial charge in [-0.2, -0.15) is 0 Å². The summed E-state index contributed by atoms with van der Waals surface area (Å²) in [5, 5.41) is 3.21. The topological polar surface area (TPSA) is 56.8 Å². The molecule has 2 aliphatic rings. The lowest BCUT2D eigenvalue weighted by molar-refractivity contribution is -0.142. The molecule has 1 heterocycles. The molecule has 0 bridgehead atoms. The molecule has 0 amide bonds. The maximum absolute atomic E-state index is 11.7. The third kappa shape index (κ3) is 2.08. The number of carbonyl (C=O) groups excluding carboxylic acids is 1. The summed E-state index contributed by atoms with van der Waals surface area (Å²) in [5.41, 5.74) is 0.849. The van der Waals surface area contributed by atoms with Gasteiger partial charge in [-0.15, -0.1) is 0 Å². The Kier molecular flexibility index (Phi) is 2.74. The largest absolute Gasteiger partial charge is 0.467 e. The molecule has 5 heteroatoms. The van der Waals surface area contributed by atoms with Crippen molar-refractivity contribution in [2.45, 2.75) is 18.9 Å². The molecule has 1 saturated carbocycles. The second kappa shape index (κ2) is 4.40. The maximum atomic E-state index is 11.7. The third-order valence-electron chi connectivity index (χ3n) is 3.24. The van der Waals surface area contributed by atoms with Gasteiger partial charge in [0.15, 0.2) is 11.5 Å². The highest BCUT2D eigenvalue weighted by atomic mass is 16.7. The van der Waals surface area contributed by atoms with E-state index in [1.54, 1.807) is 0 Å². The highest BCUT2D eigenvalue weighted by molar-refractivity contribution is 5.80. The lowest BCUT2D eigenvalue weighted by Crippen LogP contribution is -2.32. The van der Waals surface area contributed by atoms with Crippen molar-refractivity contribution in [2.24, 2.45) is 5.92 Å². The Labute approximate surface area is 105 Å². The van der Waals surface area contributed by atoms with E-state index in [-0.39, 0.29) is 18.8 Å². The summed E-state index contributed by atoms with van der Waals surface area (Å²) < 4.78 is 15.4. The van der Waals surface area contributed by atoms with Gasteiger partial charge in [-0.1, -0.05) is 0 Å². The van der Waals surface area contributed by atoms with Crippen molar-refractivity contribution >= 4 is 11.7 Å². The van der Waals surface area contributed by atoms with Crippen LogP contribution in [0.25, 0.3) is 0 Å². The fourth-order valence-electron chi connectivity index (χ4n) is 2.09. The molecule has 1 fully saturated rings. The van der Waals surface area contributed by atoms with Gasteiger partial charge in [-0.25, -0.2) is 4.79 Å². The van der Waals surface area contributed by atoms with Gasteiger partial charge in [0.25, 0.3) is 0 Å². The van der Waals surface area contributed by atoms with Gasteiger partial charge in [0.1, 0.15) is 6.04 Å². The fraction of sp³-hybridized carbons (Fsp3) is 0.462. The summed E-state index contributed by atoms with van der Waals surface area (Å²) >= 11 is 0. The van der Waals surface area contributed by atoms with Crippen LogP contribution in [0, 0.1) is 5.92 Å². The molecule has 0 aromatic heterocycles. The standard InChI is InChI=1S/C13H15NO4/c1-16-13(15)12(8-2-3-8)14-9-4-5-10-11(6-9)18-7-17-10/h4-6,8,12,14H,2-3,7H2,1H3. The normalized spacial score (nSPS) is 18.3. The number of benzene rings is 1. The van der Waals surface area contributed by atoms with Gasteiger partial charge < -0.3 is 19.5 Å². The first-order valence-corrected chi connectivity index (χ1v) is 6.02. The predicted octanol–water partition coefficient (Wildman–Crippen LogP) is 1.78. The van der Waals surface area contributed by atoms with Crippen molar-refractivity contribution < 1.29 is 19.0 Å². The number of carbonyl (C=O) groups is 1. The number of rotatable bonds is 4. The second-order valence-electron chi connectivity index (χ2n) is 4.55. The molecule has 1 N–H and O–H groups in total. The quantitative estimate of drug-likeness (QED) is 0.824. The van der Waals surface area contributed by atoms with Crippen LogP contribution in [0.4, 0.5) is 5.69 Å². The number of methoxy groups -OCH3 is 1. The average molecular weight is 249 g/mol. The first-order chi connectivity index (χ1) is 8.78. The molecule has 96 valence electrons. The van der Waals surface area contributed by atoms with Crippen LogP contribution in [-0.2, 0) is 9.53 Å². The summed E-state index contributed by atoms with van der Waals surface area (Å²) in [4.78, 5) is 11.7. The average Bonchev–Trinajstić information content (AvgIpc) is 3.12. The molecular formula is C13H15NO4. The van der Waals surface area contributed by atoms with Crippen LogP contribution in [-0.4, -0.2) is 25.9 Å². The minimum atomic E-state index is -0.268. The van der Waals surface area contributed by atoms with Crippen molar-refractivity contribution in [2.75, 3.05) is 19.2 Å². The number of ether oxygens (including phenoxy) is 3. The van der Waals surface area contributed by atoms with Crippen molar-refractivity contribution in [1.82, 2.24) is 0 Å². The Morgan fingerprint density at radius 1 is 1.39 bits per heavy atom. The van der Waals surface area contributed by atoms with Gasteiger partial charge in [-0.05, 0) is 30.9 Å². The van der Waals surface area contributed by atoms with Crippen molar-refractivity contribution in [1.29, 1.82) is 0 Å². The molecule has 1 atom stereocenters. The van der Waals surface area contributed by atoms with Crippen LogP contribution >= 0.6 is 0 Å². The minimum absolute atomic E-state index is 0.213. The van der Waals surface area contributed by atoms with Crippen LogP contribution in [0.1, 0.15) is 12.8 Å². The molecule has 0 saturated heterocycles. The van der Waals surface area contributed by atoms with Gasteiger partial charge in [0.05, 0.1) is 7.11 Å². The molecule has 1 aromatic rings. The zero-order chi connectivity index (χ0) is 12.5. The lowest BCUT2D eigenvalue weighted by atomic mass is 10.1. The van der Waals surface area contributed by atoms with E-state index in [2.05, 4.69) is 5.32 Å². The summed E-state index contributed by atoms with van der Waals surface area (Å²) in [7, 11) is 1.42. The third-order valence-corrected chi connectivity index (χ3v) is 3.24. The molecule has 1 aliphatic carbocycles. The van der Waals surface area contributed by atoms with E-state index in [1.165, 1.54) is 7.11 Å². The summed E-state index contributed by atoms with van der Waals surface area (Å²) in [5.74, 6) is 1.61. The molecule has 1 unspecified atom stereocenters. The van der Waals surface area contributed by atoms with Gasteiger partial charge in [0, 0.05) is 11.8 Å². The highest BCUT2D eigenvalue weighted by Gasteiger charge is 2.37. The van der Waals surface area contributed by atoms with E-state index in [1.807, 2.05) is 18.2 Å². The predicted molar refractivity (Wildman–Crippen MR) is 64.7 cm³/mol. The highest BCUT2D eigenvalue weighted by Crippen LogP contribution is 2.37. The molecule has 1 aromatic carbocycles. The Morgan fingerprint density at radius 3 is 2.89 bits per heavy atom. The number of nitrogens with one attached hydrogen (secondary N) is 1. The monoisotopic (exact) mass is 249 g/mol. The van der Waals surface area contributed by atoms with Crippen molar-refractivity contribution in [3.8, 4) is 11.5 Å². The molecule has 1 aliphatic heterocycles. The molecule has 18 heavy (non-hydrogen) atoms. The fourth-order valence-corrected chi connectivity index (χ4v) is 2.09. The maximum Gasteiger partial charge on any atom is 0.328 e. The zero-order valence-electron chi connectivity index (χ0n) is 10.1. The van der Waals surface area contributed by atoms with E-state index in [4.69, 9.17) is 14.2 Å². The Morgan fingerprint density at radius 2 is 2.17 bits per heavy atom. The first-order valence-electron chi connectivity index (χ1n) is 6.02. The molecule has 0 radical (unpaired) electrons. The van der Waals surface area contributed by atoms with Gasteiger partial charge in [0.2, 0.25) is 6.79 Å². The Bertz CT molecular complexity index is 470. The van der Waals surface area contributed by atoms with Gasteiger partial charge in [-0.3, -0.25) is 0 Å². The SMILES string of the molecule is COC(=O)C(Nc1ccc2c(c1)OCO2)C1CC1. The number of fused-ring (bicyclic) bond motifs is 1. The van der Waals surface area contributed by atoms with Crippen LogP contribution in [0.5, 0.6) is 11.5 Å². The van der Waals surface area contributed by atoms with Crippen LogP contribution in [0.15, 0.2) is 18.2 Å². The van der Waals surface area contributed by atoms with Crippen LogP contribution < -0.4 is 14.8 Å². The summed E-state index contributed by atoms with van der Waals surface area (Å²) in [6.45, 7) is 0.252. The number of esters is 1. The number of hydrogen-bond donors (Lipinski definition) is 1. The van der Waals surface area contributed by atoms with Crippen molar-refractivity contribution in [3.63, 3.8) is 0 Å². The summed E-state index contributed by atoms with van der Waals surface area (Å²) in [6, 6.07) is 5.30.